The van der Waals surface area contributed by atoms with E-state index in [4.69, 9.17) is 9.47 Å². The largest absolute Gasteiger partial charge is 0.497 e. The third-order valence-corrected chi connectivity index (χ3v) is 4.16. The summed E-state index contributed by atoms with van der Waals surface area (Å²) < 4.78 is 11.2. The Morgan fingerprint density at radius 1 is 1.10 bits per heavy atom. The number of benzene rings is 2. The molecule has 1 aliphatic heterocycles. The first-order chi connectivity index (χ1) is 10.4. The number of nitrogens with one attached hydrogen (secondary N) is 1. The Morgan fingerprint density at radius 2 is 1.90 bits per heavy atom. The highest BCUT2D eigenvalue weighted by molar-refractivity contribution is 5.85. The maximum atomic E-state index is 6.02. The van der Waals surface area contributed by atoms with Crippen LogP contribution in [-0.2, 0) is 11.2 Å². The highest BCUT2D eigenvalue weighted by atomic mass is 16.5. The quantitative estimate of drug-likeness (QED) is 0.773. The van der Waals surface area contributed by atoms with E-state index in [1.165, 1.54) is 22.2 Å². The van der Waals surface area contributed by atoms with Gasteiger partial charge in [-0.05, 0) is 35.7 Å². The molecule has 2 heterocycles. The van der Waals surface area contributed by atoms with Gasteiger partial charge in [0.25, 0.3) is 0 Å². The van der Waals surface area contributed by atoms with Crippen molar-refractivity contribution < 1.29 is 9.47 Å². The highest BCUT2D eigenvalue weighted by Gasteiger charge is 2.26. The van der Waals surface area contributed by atoms with Gasteiger partial charge in [-0.2, -0.15) is 0 Å². The lowest BCUT2D eigenvalue weighted by molar-refractivity contribution is 0.0677. The molecule has 4 rings (SSSR count). The number of aromatic amines is 1. The summed E-state index contributed by atoms with van der Waals surface area (Å²) in [5.74, 6) is 0.867. The Labute approximate surface area is 123 Å². The minimum atomic E-state index is -0.0212. The van der Waals surface area contributed by atoms with Gasteiger partial charge in [-0.1, -0.05) is 30.3 Å². The van der Waals surface area contributed by atoms with Crippen LogP contribution in [0.3, 0.4) is 0 Å². The Balaban J connectivity index is 1.82. The van der Waals surface area contributed by atoms with Crippen LogP contribution in [0.5, 0.6) is 5.75 Å². The Hall–Kier alpha value is -2.26. The Kier molecular flexibility index (Phi) is 2.93. The van der Waals surface area contributed by atoms with Crippen molar-refractivity contribution >= 4 is 10.9 Å². The number of methoxy groups -OCH3 is 1. The number of hydrogen-bond acceptors (Lipinski definition) is 2. The fourth-order valence-electron chi connectivity index (χ4n) is 3.12. The van der Waals surface area contributed by atoms with Gasteiger partial charge in [0.05, 0.1) is 19.4 Å². The summed E-state index contributed by atoms with van der Waals surface area (Å²) in [5, 5.41) is 1.31. The number of hydrogen-bond donors (Lipinski definition) is 1. The maximum Gasteiger partial charge on any atom is 0.123 e. The van der Waals surface area contributed by atoms with Gasteiger partial charge in [0, 0.05) is 10.9 Å². The average molecular weight is 279 g/mol. The van der Waals surface area contributed by atoms with E-state index in [9.17, 15) is 0 Å². The lowest BCUT2D eigenvalue weighted by Crippen LogP contribution is -2.16. The van der Waals surface area contributed by atoms with E-state index < -0.39 is 0 Å². The maximum absolute atomic E-state index is 6.02. The highest BCUT2D eigenvalue weighted by Crippen LogP contribution is 2.36. The van der Waals surface area contributed by atoms with Crippen LogP contribution >= 0.6 is 0 Å². The molecule has 1 aliphatic rings. The van der Waals surface area contributed by atoms with Crippen molar-refractivity contribution in [3.05, 3.63) is 65.4 Å². The van der Waals surface area contributed by atoms with Crippen molar-refractivity contribution in [2.75, 3.05) is 13.7 Å². The lowest BCUT2D eigenvalue weighted by atomic mass is 9.98. The van der Waals surface area contributed by atoms with Crippen LogP contribution in [0.1, 0.15) is 22.9 Å². The summed E-state index contributed by atoms with van der Waals surface area (Å²) in [6, 6.07) is 16.6. The van der Waals surface area contributed by atoms with E-state index in [1.807, 2.05) is 12.1 Å². The first-order valence-corrected chi connectivity index (χ1v) is 7.22. The molecule has 106 valence electrons. The van der Waals surface area contributed by atoms with Crippen molar-refractivity contribution in [2.45, 2.75) is 12.5 Å². The normalized spacial score (nSPS) is 17.7. The van der Waals surface area contributed by atoms with E-state index >= 15 is 0 Å². The fraction of sp³-hybridized carbons (Fsp3) is 0.222. The van der Waals surface area contributed by atoms with E-state index in [1.54, 1.807) is 7.11 Å². The summed E-state index contributed by atoms with van der Waals surface area (Å²) in [6.45, 7) is 0.755. The smallest absolute Gasteiger partial charge is 0.123 e. The molecule has 3 aromatic rings. The minimum absolute atomic E-state index is 0.0212. The van der Waals surface area contributed by atoms with Crippen molar-refractivity contribution in [3.8, 4) is 5.75 Å². The first-order valence-electron chi connectivity index (χ1n) is 7.22. The zero-order chi connectivity index (χ0) is 14.2. The van der Waals surface area contributed by atoms with Gasteiger partial charge in [0.15, 0.2) is 0 Å². The van der Waals surface area contributed by atoms with Crippen LogP contribution in [0, 0.1) is 0 Å². The van der Waals surface area contributed by atoms with Crippen LogP contribution in [-0.4, -0.2) is 18.7 Å². The molecule has 3 heteroatoms. The van der Waals surface area contributed by atoms with Gasteiger partial charge < -0.3 is 14.5 Å². The molecule has 1 aromatic heterocycles. The van der Waals surface area contributed by atoms with E-state index in [-0.39, 0.29) is 6.10 Å². The molecule has 0 aliphatic carbocycles. The van der Waals surface area contributed by atoms with Crippen LogP contribution < -0.4 is 4.74 Å². The third-order valence-electron chi connectivity index (χ3n) is 4.16. The SMILES string of the molecule is COc1ccc(C2OCCc3c2[nH]c2ccccc32)cc1. The molecule has 1 atom stereocenters. The van der Waals surface area contributed by atoms with Crippen molar-refractivity contribution in [1.29, 1.82) is 0 Å². The molecule has 0 amide bonds. The van der Waals surface area contributed by atoms with E-state index in [2.05, 4.69) is 41.4 Å². The summed E-state index contributed by atoms with van der Waals surface area (Å²) >= 11 is 0. The Bertz CT molecular complexity index is 774. The lowest BCUT2D eigenvalue weighted by Gasteiger charge is -2.24. The zero-order valence-corrected chi connectivity index (χ0v) is 11.9. The number of fused-ring (bicyclic) bond motifs is 3. The summed E-state index contributed by atoms with van der Waals surface area (Å²) in [4.78, 5) is 3.54. The van der Waals surface area contributed by atoms with E-state index in [0.29, 0.717) is 0 Å². The van der Waals surface area contributed by atoms with Crippen molar-refractivity contribution in [3.63, 3.8) is 0 Å². The monoisotopic (exact) mass is 279 g/mol. The van der Waals surface area contributed by atoms with E-state index in [0.717, 1.165) is 24.3 Å². The summed E-state index contributed by atoms with van der Waals surface area (Å²) in [6.07, 6.45) is 0.943. The zero-order valence-electron chi connectivity index (χ0n) is 11.9. The van der Waals surface area contributed by atoms with Crippen LogP contribution in [0.25, 0.3) is 10.9 Å². The Morgan fingerprint density at radius 3 is 2.71 bits per heavy atom. The van der Waals surface area contributed by atoms with Crippen molar-refractivity contribution in [2.24, 2.45) is 0 Å². The predicted molar refractivity (Wildman–Crippen MR) is 82.8 cm³/mol. The average Bonchev–Trinajstić information content (AvgIpc) is 2.94. The second-order valence-corrected chi connectivity index (χ2v) is 5.34. The number of para-hydroxylation sites is 1. The molecule has 0 saturated heterocycles. The molecular weight excluding hydrogens is 262 g/mol. The molecule has 0 saturated carbocycles. The van der Waals surface area contributed by atoms with Gasteiger partial charge in [-0.3, -0.25) is 0 Å². The molecular formula is C18H17NO2. The number of ether oxygens (including phenoxy) is 2. The van der Waals surface area contributed by atoms with Crippen molar-refractivity contribution in [1.82, 2.24) is 4.98 Å². The molecule has 2 aromatic carbocycles. The molecule has 0 bridgehead atoms. The second-order valence-electron chi connectivity index (χ2n) is 5.34. The predicted octanol–water partition coefficient (Wildman–Crippen LogP) is 3.84. The summed E-state index contributed by atoms with van der Waals surface area (Å²) in [7, 11) is 1.68. The first kappa shape index (κ1) is 12.5. The number of aromatic nitrogens is 1. The number of H-pyrrole nitrogens is 1. The summed E-state index contributed by atoms with van der Waals surface area (Å²) in [5.41, 5.74) is 4.92. The number of rotatable bonds is 2. The van der Waals surface area contributed by atoms with Gasteiger partial charge in [0.1, 0.15) is 11.9 Å². The van der Waals surface area contributed by atoms with Crippen LogP contribution in [0.15, 0.2) is 48.5 Å². The standard InChI is InChI=1S/C18H17NO2/c1-20-13-8-6-12(7-9-13)18-17-15(10-11-21-18)14-4-2-3-5-16(14)19-17/h2-9,18-19H,10-11H2,1H3. The molecule has 1 unspecified atom stereocenters. The molecule has 0 radical (unpaired) electrons. The molecule has 3 nitrogen and oxygen atoms in total. The molecule has 0 spiro atoms. The van der Waals surface area contributed by atoms with Crippen LogP contribution in [0.2, 0.25) is 0 Å². The third kappa shape index (κ3) is 2.01. The molecule has 21 heavy (non-hydrogen) atoms. The van der Waals surface area contributed by atoms with Crippen LogP contribution in [0.4, 0.5) is 0 Å². The molecule has 0 fully saturated rings. The van der Waals surface area contributed by atoms with Gasteiger partial charge in [-0.15, -0.1) is 0 Å². The van der Waals surface area contributed by atoms with Gasteiger partial charge in [-0.25, -0.2) is 0 Å². The van der Waals surface area contributed by atoms with Gasteiger partial charge >= 0.3 is 0 Å². The fourth-order valence-corrected chi connectivity index (χ4v) is 3.12. The topological polar surface area (TPSA) is 34.2 Å². The minimum Gasteiger partial charge on any atom is -0.497 e. The second kappa shape index (κ2) is 4.93. The van der Waals surface area contributed by atoms with Gasteiger partial charge in [0.2, 0.25) is 0 Å². The molecule has 1 N–H and O–H groups in total.